The van der Waals surface area contributed by atoms with Crippen molar-refractivity contribution < 1.29 is 14.7 Å². The first kappa shape index (κ1) is 26.7. The van der Waals surface area contributed by atoms with Crippen molar-refractivity contribution in [2.24, 2.45) is 11.8 Å². The summed E-state index contributed by atoms with van der Waals surface area (Å²) in [6.45, 7) is 11.4. The molecule has 0 radical (unpaired) electrons. The molecule has 6 heteroatoms. The smallest absolute Gasteiger partial charge is 0.253 e. The molecule has 0 unspecified atom stereocenters. The number of hydrogen-bond acceptors (Lipinski definition) is 4. The Morgan fingerprint density at radius 1 is 1.00 bits per heavy atom. The van der Waals surface area contributed by atoms with Gasteiger partial charge in [-0.05, 0) is 80.8 Å². The Morgan fingerprint density at radius 2 is 1.68 bits per heavy atom. The van der Waals surface area contributed by atoms with Gasteiger partial charge in [0.05, 0.1) is 0 Å². The average molecular weight is 472 g/mol. The minimum atomic E-state index is 0.0633. The lowest BCUT2D eigenvalue weighted by Crippen LogP contribution is -2.39. The SMILES string of the molecule is CC(=O)N1CCCCCCCN(CCC(C)C)Cc2cc(C(=O)N3CCC(CO)CC3)ccc21. The van der Waals surface area contributed by atoms with Crippen molar-refractivity contribution in [2.75, 3.05) is 44.2 Å². The van der Waals surface area contributed by atoms with Crippen molar-refractivity contribution in [3.05, 3.63) is 29.3 Å². The predicted octanol–water partition coefficient (Wildman–Crippen LogP) is 4.70. The number of aliphatic hydroxyl groups is 1. The van der Waals surface area contributed by atoms with Gasteiger partial charge < -0.3 is 14.9 Å². The largest absolute Gasteiger partial charge is 0.396 e. The molecule has 2 aliphatic rings. The molecule has 2 aliphatic heterocycles. The molecular weight excluding hydrogens is 426 g/mol. The average Bonchev–Trinajstić information content (AvgIpc) is 2.82. The van der Waals surface area contributed by atoms with Crippen LogP contribution in [0, 0.1) is 11.8 Å². The van der Waals surface area contributed by atoms with Crippen LogP contribution in [0.4, 0.5) is 5.69 Å². The number of carbonyl (C=O) groups is 2. The van der Waals surface area contributed by atoms with E-state index < -0.39 is 0 Å². The second-order valence-electron chi connectivity index (χ2n) is 10.7. The van der Waals surface area contributed by atoms with E-state index in [0.717, 1.165) is 69.5 Å². The van der Waals surface area contributed by atoms with Gasteiger partial charge in [-0.2, -0.15) is 0 Å². The molecule has 1 aromatic rings. The number of piperidine rings is 1. The molecule has 0 atom stereocenters. The van der Waals surface area contributed by atoms with Gasteiger partial charge in [0.25, 0.3) is 5.91 Å². The van der Waals surface area contributed by atoms with Gasteiger partial charge in [0.2, 0.25) is 5.91 Å². The van der Waals surface area contributed by atoms with Crippen LogP contribution >= 0.6 is 0 Å². The lowest BCUT2D eigenvalue weighted by Gasteiger charge is -2.32. The summed E-state index contributed by atoms with van der Waals surface area (Å²) >= 11 is 0. The van der Waals surface area contributed by atoms with Crippen molar-refractivity contribution in [3.63, 3.8) is 0 Å². The van der Waals surface area contributed by atoms with E-state index in [2.05, 4.69) is 18.7 Å². The first-order chi connectivity index (χ1) is 16.4. The molecule has 34 heavy (non-hydrogen) atoms. The van der Waals surface area contributed by atoms with E-state index in [1.807, 2.05) is 28.0 Å². The van der Waals surface area contributed by atoms with Gasteiger partial charge in [-0.3, -0.25) is 14.5 Å². The standard InChI is InChI=1S/C28H45N3O3/c1-22(2)11-16-29-14-7-5-4-6-8-15-31(23(3)33)27-10-9-25(19-26(27)20-29)28(34)30-17-12-24(21-32)13-18-30/h9-10,19,22,24,32H,4-8,11-18,20-21H2,1-3H3. The second-order valence-corrected chi connectivity index (χ2v) is 10.7. The van der Waals surface area contributed by atoms with E-state index in [0.29, 0.717) is 30.5 Å². The van der Waals surface area contributed by atoms with Crippen LogP contribution in [0.15, 0.2) is 18.2 Å². The summed E-state index contributed by atoms with van der Waals surface area (Å²) in [7, 11) is 0. The topological polar surface area (TPSA) is 64.1 Å². The summed E-state index contributed by atoms with van der Waals surface area (Å²) in [5.41, 5.74) is 2.74. The predicted molar refractivity (Wildman–Crippen MR) is 138 cm³/mol. The number of nitrogens with zero attached hydrogens (tertiary/aromatic N) is 3. The van der Waals surface area contributed by atoms with Crippen molar-refractivity contribution >= 4 is 17.5 Å². The molecule has 3 rings (SSSR count). The maximum absolute atomic E-state index is 13.3. The zero-order chi connectivity index (χ0) is 24.5. The number of anilines is 1. The highest BCUT2D eigenvalue weighted by molar-refractivity contribution is 5.97. The third-order valence-corrected chi connectivity index (χ3v) is 7.43. The van der Waals surface area contributed by atoms with E-state index in [4.69, 9.17) is 0 Å². The Bertz CT molecular complexity index is 802. The van der Waals surface area contributed by atoms with E-state index >= 15 is 0 Å². The Kier molecular flexibility index (Phi) is 10.4. The molecule has 190 valence electrons. The quantitative estimate of drug-likeness (QED) is 0.676. The maximum Gasteiger partial charge on any atom is 0.253 e. The highest BCUT2D eigenvalue weighted by Gasteiger charge is 2.25. The summed E-state index contributed by atoms with van der Waals surface area (Å²) in [5, 5.41) is 9.43. The van der Waals surface area contributed by atoms with Gasteiger partial charge in [-0.1, -0.05) is 33.1 Å². The van der Waals surface area contributed by atoms with Crippen LogP contribution in [0.25, 0.3) is 0 Å². The van der Waals surface area contributed by atoms with E-state index in [9.17, 15) is 14.7 Å². The molecular formula is C28H45N3O3. The fourth-order valence-electron chi connectivity index (χ4n) is 5.14. The van der Waals surface area contributed by atoms with Crippen molar-refractivity contribution in [2.45, 2.75) is 78.7 Å². The summed E-state index contributed by atoms with van der Waals surface area (Å²) in [4.78, 5) is 32.3. The molecule has 0 saturated carbocycles. The van der Waals surface area contributed by atoms with E-state index in [-0.39, 0.29) is 18.4 Å². The molecule has 2 heterocycles. The number of likely N-dealkylation sites (tertiary alicyclic amines) is 1. The van der Waals surface area contributed by atoms with Crippen LogP contribution in [-0.4, -0.2) is 66.1 Å². The van der Waals surface area contributed by atoms with Crippen LogP contribution in [0.1, 0.15) is 88.1 Å². The summed E-state index contributed by atoms with van der Waals surface area (Å²) < 4.78 is 0. The van der Waals surface area contributed by atoms with Crippen LogP contribution < -0.4 is 4.90 Å². The zero-order valence-electron chi connectivity index (χ0n) is 21.6. The van der Waals surface area contributed by atoms with Crippen molar-refractivity contribution in [1.82, 2.24) is 9.80 Å². The molecule has 6 nitrogen and oxygen atoms in total. The molecule has 1 aromatic carbocycles. The lowest BCUT2D eigenvalue weighted by atomic mass is 9.97. The third-order valence-electron chi connectivity index (χ3n) is 7.43. The van der Waals surface area contributed by atoms with E-state index in [1.165, 1.54) is 19.3 Å². The van der Waals surface area contributed by atoms with Gasteiger partial charge in [-0.15, -0.1) is 0 Å². The Morgan fingerprint density at radius 3 is 2.32 bits per heavy atom. The van der Waals surface area contributed by atoms with Crippen molar-refractivity contribution in [3.8, 4) is 0 Å². The Labute approximate surface area is 206 Å². The molecule has 0 aliphatic carbocycles. The van der Waals surface area contributed by atoms with Crippen molar-refractivity contribution in [1.29, 1.82) is 0 Å². The molecule has 0 spiro atoms. The Balaban J connectivity index is 1.89. The first-order valence-corrected chi connectivity index (χ1v) is 13.4. The van der Waals surface area contributed by atoms with Crippen LogP contribution in [0.2, 0.25) is 0 Å². The van der Waals surface area contributed by atoms with Gasteiger partial charge in [0.1, 0.15) is 0 Å². The van der Waals surface area contributed by atoms with Gasteiger partial charge in [0, 0.05) is 51.0 Å². The summed E-state index contributed by atoms with van der Waals surface area (Å²) in [5.74, 6) is 1.08. The number of benzene rings is 1. The highest BCUT2D eigenvalue weighted by Crippen LogP contribution is 2.28. The Hall–Kier alpha value is -1.92. The van der Waals surface area contributed by atoms with Crippen LogP contribution in [0.5, 0.6) is 0 Å². The number of fused-ring (bicyclic) bond motifs is 1. The minimum Gasteiger partial charge on any atom is -0.396 e. The summed E-state index contributed by atoms with van der Waals surface area (Å²) in [6, 6.07) is 5.94. The lowest BCUT2D eigenvalue weighted by molar-refractivity contribution is -0.116. The molecule has 0 bridgehead atoms. The summed E-state index contributed by atoms with van der Waals surface area (Å²) in [6.07, 6.45) is 8.65. The molecule has 1 fully saturated rings. The van der Waals surface area contributed by atoms with Crippen LogP contribution in [0.3, 0.4) is 0 Å². The van der Waals surface area contributed by atoms with Gasteiger partial charge in [-0.25, -0.2) is 0 Å². The van der Waals surface area contributed by atoms with Gasteiger partial charge in [0.15, 0.2) is 0 Å². The molecule has 0 aromatic heterocycles. The fraction of sp³-hybridized carbons (Fsp3) is 0.714. The number of carbonyl (C=O) groups excluding carboxylic acids is 2. The fourth-order valence-corrected chi connectivity index (χ4v) is 5.14. The maximum atomic E-state index is 13.3. The number of amides is 2. The third kappa shape index (κ3) is 7.54. The van der Waals surface area contributed by atoms with Gasteiger partial charge >= 0.3 is 0 Å². The molecule has 2 amide bonds. The molecule has 1 N–H and O–H groups in total. The zero-order valence-corrected chi connectivity index (χ0v) is 21.6. The first-order valence-electron chi connectivity index (χ1n) is 13.4. The van der Waals surface area contributed by atoms with Crippen LogP contribution in [-0.2, 0) is 11.3 Å². The van der Waals surface area contributed by atoms with E-state index in [1.54, 1.807) is 6.92 Å². The monoisotopic (exact) mass is 471 g/mol. The second kappa shape index (κ2) is 13.2. The highest BCUT2D eigenvalue weighted by atomic mass is 16.3. The number of rotatable bonds is 5. The number of hydrogen-bond donors (Lipinski definition) is 1. The molecule has 1 saturated heterocycles. The minimum absolute atomic E-state index is 0.0633. The number of aliphatic hydroxyl groups excluding tert-OH is 1. The normalized spacial score (nSPS) is 19.4.